The number of amides is 1. The molecular formula is C27H36ClN3O6Si. The molecule has 0 aliphatic carbocycles. The SMILES string of the molecule is COc1cc(NC(=O)c2cn(-c3ccc(Cl)cc3)nc2CO)ccc1OCC(C)OCOCC[Si](C)(C)C. The molecule has 1 aromatic heterocycles. The number of carbonyl (C=O) groups is 1. The molecule has 0 spiro atoms. The number of hydrogen-bond acceptors (Lipinski definition) is 7. The molecule has 0 saturated carbocycles. The van der Waals surface area contributed by atoms with Crippen molar-refractivity contribution in [3.05, 3.63) is 64.9 Å². The van der Waals surface area contributed by atoms with Gasteiger partial charge in [0.1, 0.15) is 19.1 Å². The summed E-state index contributed by atoms with van der Waals surface area (Å²) in [6, 6.07) is 13.2. The minimum absolute atomic E-state index is 0.181. The molecule has 1 unspecified atom stereocenters. The summed E-state index contributed by atoms with van der Waals surface area (Å²) < 4.78 is 24.1. The van der Waals surface area contributed by atoms with E-state index in [1.54, 1.807) is 48.7 Å². The van der Waals surface area contributed by atoms with Crippen molar-refractivity contribution >= 4 is 31.3 Å². The molecule has 0 saturated heterocycles. The highest BCUT2D eigenvalue weighted by molar-refractivity contribution is 6.76. The third kappa shape index (κ3) is 8.85. The van der Waals surface area contributed by atoms with Gasteiger partial charge in [0.2, 0.25) is 0 Å². The van der Waals surface area contributed by atoms with Crippen molar-refractivity contribution < 1.29 is 28.8 Å². The molecule has 1 heterocycles. The topological polar surface area (TPSA) is 104 Å². The lowest BCUT2D eigenvalue weighted by molar-refractivity contribution is -0.0904. The average Bonchev–Trinajstić information content (AvgIpc) is 3.32. The van der Waals surface area contributed by atoms with Crippen LogP contribution >= 0.6 is 11.6 Å². The van der Waals surface area contributed by atoms with Crippen LogP contribution in [0.3, 0.4) is 0 Å². The summed E-state index contributed by atoms with van der Waals surface area (Å²) in [6.07, 6.45) is 1.38. The maximum absolute atomic E-state index is 13.0. The highest BCUT2D eigenvalue weighted by atomic mass is 35.5. The first kappa shape index (κ1) is 29.7. The van der Waals surface area contributed by atoms with Gasteiger partial charge >= 0.3 is 0 Å². The fraction of sp³-hybridized carbons (Fsp3) is 0.407. The van der Waals surface area contributed by atoms with Gasteiger partial charge in [-0.2, -0.15) is 5.10 Å². The first-order chi connectivity index (χ1) is 18.1. The second-order valence-corrected chi connectivity index (χ2v) is 16.1. The molecule has 9 nitrogen and oxygen atoms in total. The number of nitrogens with one attached hydrogen (secondary N) is 1. The van der Waals surface area contributed by atoms with Gasteiger partial charge in [-0.15, -0.1) is 0 Å². The van der Waals surface area contributed by atoms with E-state index in [0.29, 0.717) is 41.1 Å². The fourth-order valence-corrected chi connectivity index (χ4v) is 4.24. The zero-order chi connectivity index (χ0) is 27.7. The second kappa shape index (κ2) is 13.8. The van der Waals surface area contributed by atoms with Crippen LogP contribution in [0.4, 0.5) is 5.69 Å². The Balaban J connectivity index is 1.58. The minimum Gasteiger partial charge on any atom is -0.493 e. The van der Waals surface area contributed by atoms with E-state index < -0.39 is 14.0 Å². The van der Waals surface area contributed by atoms with Gasteiger partial charge in [0.05, 0.1) is 31.1 Å². The number of anilines is 1. The summed E-state index contributed by atoms with van der Waals surface area (Å²) >= 11 is 5.95. The van der Waals surface area contributed by atoms with Gasteiger partial charge in [0.15, 0.2) is 11.5 Å². The maximum atomic E-state index is 13.0. The van der Waals surface area contributed by atoms with E-state index in [1.807, 2.05) is 6.92 Å². The Hall–Kier alpha value is -2.89. The standard InChI is InChI=1S/C27H36ClN3O6Si/c1-19(37-18-35-12-13-38(3,4)5)17-36-25-11-8-21(14-26(25)34-2)29-27(33)23-15-31(30-24(23)16-32)22-9-6-20(28)7-10-22/h6-11,14-15,19,32H,12-13,16-18H2,1-5H3,(H,29,33). The van der Waals surface area contributed by atoms with Gasteiger partial charge in [-0.1, -0.05) is 31.2 Å². The summed E-state index contributed by atoms with van der Waals surface area (Å²) in [4.78, 5) is 13.0. The summed E-state index contributed by atoms with van der Waals surface area (Å²) in [5.74, 6) is 0.564. The van der Waals surface area contributed by atoms with Crippen molar-refractivity contribution in [2.24, 2.45) is 0 Å². The molecule has 0 aliphatic rings. The number of halogens is 1. The molecule has 0 radical (unpaired) electrons. The number of benzene rings is 2. The predicted octanol–water partition coefficient (Wildman–Crippen LogP) is 5.38. The summed E-state index contributed by atoms with van der Waals surface area (Å²) in [5.41, 5.74) is 1.72. The predicted molar refractivity (Wildman–Crippen MR) is 150 cm³/mol. The van der Waals surface area contributed by atoms with Crippen LogP contribution in [0.5, 0.6) is 11.5 Å². The molecule has 38 heavy (non-hydrogen) atoms. The molecule has 3 aromatic rings. The van der Waals surface area contributed by atoms with Crippen LogP contribution in [0.2, 0.25) is 30.7 Å². The Morgan fingerprint density at radius 2 is 1.89 bits per heavy atom. The van der Waals surface area contributed by atoms with Crippen molar-refractivity contribution in [2.45, 2.75) is 45.3 Å². The third-order valence-electron chi connectivity index (χ3n) is 5.60. The quantitative estimate of drug-likeness (QED) is 0.155. The van der Waals surface area contributed by atoms with Gasteiger partial charge in [0.25, 0.3) is 5.91 Å². The zero-order valence-electron chi connectivity index (χ0n) is 22.5. The third-order valence-corrected chi connectivity index (χ3v) is 7.56. The van der Waals surface area contributed by atoms with E-state index in [4.69, 9.17) is 30.5 Å². The van der Waals surface area contributed by atoms with E-state index in [1.165, 1.54) is 11.8 Å². The maximum Gasteiger partial charge on any atom is 0.259 e. The Morgan fingerprint density at radius 3 is 2.55 bits per heavy atom. The molecule has 1 atom stereocenters. The highest BCUT2D eigenvalue weighted by Crippen LogP contribution is 2.31. The molecular weight excluding hydrogens is 526 g/mol. The van der Waals surface area contributed by atoms with Crippen molar-refractivity contribution in [1.82, 2.24) is 9.78 Å². The molecule has 2 aromatic carbocycles. The number of carbonyl (C=O) groups excluding carboxylic acids is 1. The Bertz CT molecular complexity index is 1200. The van der Waals surface area contributed by atoms with Crippen molar-refractivity contribution in [3.8, 4) is 17.2 Å². The molecule has 0 fully saturated rings. The zero-order valence-corrected chi connectivity index (χ0v) is 24.2. The van der Waals surface area contributed by atoms with Crippen LogP contribution in [0, 0.1) is 0 Å². The van der Waals surface area contributed by atoms with Gasteiger partial charge in [-0.3, -0.25) is 4.79 Å². The molecule has 206 valence electrons. The van der Waals surface area contributed by atoms with Crippen molar-refractivity contribution in [1.29, 1.82) is 0 Å². The Labute approximate surface area is 229 Å². The number of ether oxygens (including phenoxy) is 4. The Kier molecular flexibility index (Phi) is 10.7. The lowest BCUT2D eigenvalue weighted by Gasteiger charge is -2.18. The number of methoxy groups -OCH3 is 1. The minimum atomic E-state index is -1.12. The van der Waals surface area contributed by atoms with Gasteiger partial charge in [0, 0.05) is 37.7 Å². The number of aliphatic hydroxyl groups is 1. The van der Waals surface area contributed by atoms with Crippen LogP contribution < -0.4 is 14.8 Å². The fourth-order valence-electron chi connectivity index (χ4n) is 3.36. The lowest BCUT2D eigenvalue weighted by Crippen LogP contribution is -2.23. The first-order valence-electron chi connectivity index (χ1n) is 12.4. The average molecular weight is 562 g/mol. The van der Waals surface area contributed by atoms with E-state index in [-0.39, 0.29) is 30.8 Å². The van der Waals surface area contributed by atoms with Gasteiger partial charge in [-0.25, -0.2) is 4.68 Å². The Morgan fingerprint density at radius 1 is 1.16 bits per heavy atom. The van der Waals surface area contributed by atoms with E-state index in [0.717, 1.165) is 6.04 Å². The molecule has 0 aliphatic heterocycles. The molecule has 3 rings (SSSR count). The van der Waals surface area contributed by atoms with Gasteiger partial charge in [-0.05, 0) is 49.4 Å². The van der Waals surface area contributed by atoms with Crippen LogP contribution in [0.15, 0.2) is 48.7 Å². The summed E-state index contributed by atoms with van der Waals surface area (Å²) in [6.45, 7) is 9.67. The highest BCUT2D eigenvalue weighted by Gasteiger charge is 2.18. The van der Waals surface area contributed by atoms with Crippen LogP contribution in [0.25, 0.3) is 5.69 Å². The first-order valence-corrected chi connectivity index (χ1v) is 16.4. The molecule has 1 amide bonds. The summed E-state index contributed by atoms with van der Waals surface area (Å²) in [5, 5.41) is 17.5. The number of nitrogens with zero attached hydrogens (tertiary/aromatic N) is 2. The smallest absolute Gasteiger partial charge is 0.259 e. The van der Waals surface area contributed by atoms with Crippen LogP contribution in [-0.4, -0.2) is 62.1 Å². The second-order valence-electron chi connectivity index (χ2n) is 10.0. The normalized spacial score (nSPS) is 12.3. The van der Waals surface area contributed by atoms with Gasteiger partial charge < -0.3 is 29.4 Å². The van der Waals surface area contributed by atoms with Crippen molar-refractivity contribution in [2.75, 3.05) is 32.4 Å². The molecule has 0 bridgehead atoms. The van der Waals surface area contributed by atoms with E-state index in [2.05, 4.69) is 30.1 Å². The van der Waals surface area contributed by atoms with Crippen LogP contribution in [-0.2, 0) is 16.1 Å². The van der Waals surface area contributed by atoms with E-state index in [9.17, 15) is 9.90 Å². The molecule has 2 N–H and O–H groups in total. The number of aliphatic hydroxyl groups excluding tert-OH is 1. The largest absolute Gasteiger partial charge is 0.493 e. The number of hydrogen-bond donors (Lipinski definition) is 2. The lowest BCUT2D eigenvalue weighted by atomic mass is 10.2. The van der Waals surface area contributed by atoms with E-state index >= 15 is 0 Å². The van der Waals surface area contributed by atoms with Crippen molar-refractivity contribution in [3.63, 3.8) is 0 Å². The monoisotopic (exact) mass is 561 g/mol. The summed E-state index contributed by atoms with van der Waals surface area (Å²) in [7, 11) is 0.405. The molecule has 11 heteroatoms. The van der Waals surface area contributed by atoms with Crippen LogP contribution in [0.1, 0.15) is 23.0 Å². The number of rotatable bonds is 14. The number of aromatic nitrogens is 2.